The van der Waals surface area contributed by atoms with Crippen molar-refractivity contribution in [1.82, 2.24) is 14.9 Å². The Hall–Kier alpha value is -2.22. The molecule has 1 amide bonds. The van der Waals surface area contributed by atoms with Gasteiger partial charge in [-0.2, -0.15) is 0 Å². The predicted octanol–water partition coefficient (Wildman–Crippen LogP) is 3.71. The molecule has 6 nitrogen and oxygen atoms in total. The lowest BCUT2D eigenvalue weighted by atomic mass is 10.2. The van der Waals surface area contributed by atoms with E-state index in [9.17, 15) is 9.59 Å². The molecule has 8 heteroatoms. The number of hydrogen-bond acceptors (Lipinski definition) is 5. The minimum atomic E-state index is -0.220. The Labute approximate surface area is 172 Å². The van der Waals surface area contributed by atoms with Crippen molar-refractivity contribution in [2.24, 2.45) is 0 Å². The zero-order chi connectivity index (χ0) is 20.1. The summed E-state index contributed by atoms with van der Waals surface area (Å²) >= 11 is 7.30. The zero-order valence-electron chi connectivity index (χ0n) is 15.8. The second-order valence-corrected chi connectivity index (χ2v) is 8.12. The summed E-state index contributed by atoms with van der Waals surface area (Å²) in [7, 11) is 0. The lowest BCUT2D eigenvalue weighted by Gasteiger charge is -2.09. The van der Waals surface area contributed by atoms with Gasteiger partial charge in [0.25, 0.3) is 5.56 Å². The van der Waals surface area contributed by atoms with E-state index in [0.717, 1.165) is 16.9 Å². The van der Waals surface area contributed by atoms with E-state index >= 15 is 0 Å². The fraction of sp³-hybridized carbons (Fsp3) is 0.350. The molecule has 2 heterocycles. The molecule has 0 atom stereocenters. The maximum Gasteiger partial charge on any atom is 0.271 e. The van der Waals surface area contributed by atoms with Crippen LogP contribution in [-0.2, 0) is 16.1 Å². The molecule has 2 aromatic heterocycles. The standard InChI is InChI=1S/C20H22ClN3O3S/c1-13(2)27-9-3-8-22-18(25)11-24-12-23-16-10-17(28-19(16)20(24)26)14-4-6-15(21)7-5-14/h4-7,10,12-13H,3,8-9,11H2,1-2H3,(H,22,25). The number of carbonyl (C=O) groups excluding carboxylic acids is 1. The SMILES string of the molecule is CC(C)OCCCNC(=O)Cn1cnc2cc(-c3ccc(Cl)cc3)sc2c1=O. The molecule has 0 saturated heterocycles. The Morgan fingerprint density at radius 2 is 2.07 bits per heavy atom. The van der Waals surface area contributed by atoms with Crippen molar-refractivity contribution in [3.63, 3.8) is 0 Å². The third kappa shape index (κ3) is 5.19. The second kappa shape index (κ2) is 9.32. The lowest BCUT2D eigenvalue weighted by Crippen LogP contribution is -2.33. The average Bonchev–Trinajstić information content (AvgIpc) is 3.09. The molecule has 0 saturated carbocycles. The van der Waals surface area contributed by atoms with Crippen LogP contribution >= 0.6 is 22.9 Å². The fourth-order valence-electron chi connectivity index (χ4n) is 2.64. The van der Waals surface area contributed by atoms with Crippen LogP contribution in [0.15, 0.2) is 41.5 Å². The van der Waals surface area contributed by atoms with Crippen molar-refractivity contribution in [1.29, 1.82) is 0 Å². The van der Waals surface area contributed by atoms with Crippen molar-refractivity contribution in [3.8, 4) is 10.4 Å². The summed E-state index contributed by atoms with van der Waals surface area (Å²) in [4.78, 5) is 30.1. The Morgan fingerprint density at radius 1 is 1.32 bits per heavy atom. The number of benzene rings is 1. The molecule has 1 N–H and O–H groups in total. The minimum absolute atomic E-state index is 0.0546. The van der Waals surface area contributed by atoms with Gasteiger partial charge in [-0.1, -0.05) is 23.7 Å². The van der Waals surface area contributed by atoms with Gasteiger partial charge in [0.05, 0.1) is 17.9 Å². The van der Waals surface area contributed by atoms with Crippen molar-refractivity contribution < 1.29 is 9.53 Å². The third-order valence-electron chi connectivity index (χ3n) is 4.04. The monoisotopic (exact) mass is 419 g/mol. The fourth-order valence-corrected chi connectivity index (χ4v) is 3.84. The zero-order valence-corrected chi connectivity index (χ0v) is 17.3. The predicted molar refractivity (Wildman–Crippen MR) is 113 cm³/mol. The van der Waals surface area contributed by atoms with Gasteiger partial charge in [-0.15, -0.1) is 11.3 Å². The smallest absolute Gasteiger partial charge is 0.271 e. The highest BCUT2D eigenvalue weighted by atomic mass is 35.5. The number of nitrogens with zero attached hydrogens (tertiary/aromatic N) is 2. The number of halogens is 1. The number of hydrogen-bond donors (Lipinski definition) is 1. The third-order valence-corrected chi connectivity index (χ3v) is 5.45. The summed E-state index contributed by atoms with van der Waals surface area (Å²) < 4.78 is 7.30. The molecule has 3 rings (SSSR count). The van der Waals surface area contributed by atoms with Crippen molar-refractivity contribution in [2.45, 2.75) is 32.9 Å². The second-order valence-electron chi connectivity index (χ2n) is 6.63. The highest BCUT2D eigenvalue weighted by Crippen LogP contribution is 2.31. The topological polar surface area (TPSA) is 73.2 Å². The number of amides is 1. The van der Waals surface area contributed by atoms with Crippen LogP contribution in [0.25, 0.3) is 20.7 Å². The van der Waals surface area contributed by atoms with Crippen LogP contribution in [0.3, 0.4) is 0 Å². The van der Waals surface area contributed by atoms with E-state index in [4.69, 9.17) is 16.3 Å². The molecule has 0 spiro atoms. The van der Waals surface area contributed by atoms with Crippen molar-refractivity contribution in [2.75, 3.05) is 13.2 Å². The van der Waals surface area contributed by atoms with E-state index in [0.29, 0.717) is 28.4 Å². The van der Waals surface area contributed by atoms with Crippen molar-refractivity contribution in [3.05, 3.63) is 52.0 Å². The first-order valence-corrected chi connectivity index (χ1v) is 10.3. The van der Waals surface area contributed by atoms with Gasteiger partial charge in [-0.3, -0.25) is 14.2 Å². The van der Waals surface area contributed by atoms with Crippen LogP contribution in [0.2, 0.25) is 5.02 Å². The highest BCUT2D eigenvalue weighted by molar-refractivity contribution is 7.22. The molecular weight excluding hydrogens is 398 g/mol. The van der Waals surface area contributed by atoms with E-state index < -0.39 is 0 Å². The Morgan fingerprint density at radius 3 is 2.79 bits per heavy atom. The molecule has 0 aliphatic rings. The maximum atomic E-state index is 12.7. The molecule has 0 radical (unpaired) electrons. The first kappa shape index (κ1) is 20.5. The van der Waals surface area contributed by atoms with Gasteiger partial charge in [0, 0.05) is 23.1 Å². The quantitative estimate of drug-likeness (QED) is 0.565. The van der Waals surface area contributed by atoms with E-state index in [2.05, 4.69) is 10.3 Å². The summed E-state index contributed by atoms with van der Waals surface area (Å²) in [6.07, 6.45) is 2.33. The van der Waals surface area contributed by atoms with Crippen LogP contribution in [0.5, 0.6) is 0 Å². The van der Waals surface area contributed by atoms with Gasteiger partial charge < -0.3 is 10.1 Å². The van der Waals surface area contributed by atoms with Gasteiger partial charge in [-0.05, 0) is 44.0 Å². The molecule has 0 unspecified atom stereocenters. The Kier molecular flexibility index (Phi) is 6.83. The minimum Gasteiger partial charge on any atom is -0.379 e. The molecule has 0 aliphatic heterocycles. The first-order chi connectivity index (χ1) is 13.4. The molecule has 3 aromatic rings. The molecule has 1 aromatic carbocycles. The van der Waals surface area contributed by atoms with Crippen LogP contribution in [-0.4, -0.2) is 34.7 Å². The summed E-state index contributed by atoms with van der Waals surface area (Å²) in [5.74, 6) is -0.220. The summed E-state index contributed by atoms with van der Waals surface area (Å²) in [6.45, 7) is 4.99. The summed E-state index contributed by atoms with van der Waals surface area (Å²) in [6, 6.07) is 9.31. The number of thiophene rings is 1. The Bertz CT molecular complexity index is 1010. The van der Waals surface area contributed by atoms with E-state index in [1.54, 1.807) is 0 Å². The van der Waals surface area contributed by atoms with E-state index in [-0.39, 0.29) is 24.1 Å². The maximum absolute atomic E-state index is 12.7. The molecule has 0 aliphatic carbocycles. The van der Waals surface area contributed by atoms with Gasteiger partial charge in [0.1, 0.15) is 11.2 Å². The molecule has 0 fully saturated rings. The molecule has 28 heavy (non-hydrogen) atoms. The van der Waals surface area contributed by atoms with E-state index in [1.807, 2.05) is 44.2 Å². The normalized spacial score (nSPS) is 11.3. The lowest BCUT2D eigenvalue weighted by molar-refractivity contribution is -0.121. The van der Waals surface area contributed by atoms with Crippen LogP contribution in [0.4, 0.5) is 0 Å². The number of nitrogens with one attached hydrogen (secondary N) is 1. The van der Waals surface area contributed by atoms with Crippen molar-refractivity contribution >= 4 is 39.1 Å². The summed E-state index contributed by atoms with van der Waals surface area (Å²) in [5, 5.41) is 3.46. The van der Waals surface area contributed by atoms with Gasteiger partial charge >= 0.3 is 0 Å². The average molecular weight is 420 g/mol. The number of aromatic nitrogens is 2. The highest BCUT2D eigenvalue weighted by Gasteiger charge is 2.12. The van der Waals surface area contributed by atoms with E-state index in [1.165, 1.54) is 22.2 Å². The number of fused-ring (bicyclic) bond motifs is 1. The molecular formula is C20H22ClN3O3S. The molecule has 148 valence electrons. The molecule has 0 bridgehead atoms. The Balaban J connectivity index is 1.67. The van der Waals surface area contributed by atoms with Gasteiger partial charge in [-0.25, -0.2) is 4.98 Å². The van der Waals surface area contributed by atoms with Gasteiger partial charge in [0.15, 0.2) is 0 Å². The van der Waals surface area contributed by atoms with Crippen LogP contribution < -0.4 is 10.9 Å². The largest absolute Gasteiger partial charge is 0.379 e. The van der Waals surface area contributed by atoms with Crippen LogP contribution in [0, 0.1) is 0 Å². The number of rotatable bonds is 8. The first-order valence-electron chi connectivity index (χ1n) is 9.07. The number of carbonyl (C=O) groups is 1. The van der Waals surface area contributed by atoms with Gasteiger partial charge in [0.2, 0.25) is 5.91 Å². The summed E-state index contributed by atoms with van der Waals surface area (Å²) in [5.41, 5.74) is 1.38. The number of ether oxygens (including phenoxy) is 1. The van der Waals surface area contributed by atoms with Crippen LogP contribution in [0.1, 0.15) is 20.3 Å².